The number of nitriles is 1. The van der Waals surface area contributed by atoms with Crippen molar-refractivity contribution in [1.82, 2.24) is 10.2 Å². The Hall–Kier alpha value is -3.32. The Morgan fingerprint density at radius 1 is 1.18 bits per heavy atom. The highest BCUT2D eigenvalue weighted by atomic mass is 16.5. The van der Waals surface area contributed by atoms with E-state index >= 15 is 0 Å². The van der Waals surface area contributed by atoms with Gasteiger partial charge in [-0.2, -0.15) is 5.26 Å². The topological polar surface area (TPSA) is 160 Å². The van der Waals surface area contributed by atoms with E-state index in [9.17, 15) is 35.0 Å². The second-order valence-corrected chi connectivity index (χ2v) is 12.4. The summed E-state index contributed by atoms with van der Waals surface area (Å²) in [6, 6.07) is 3.73. The number of aliphatic hydroxyl groups is 1. The van der Waals surface area contributed by atoms with E-state index in [1.54, 1.807) is 0 Å². The maximum absolute atomic E-state index is 13.3. The SMILES string of the molecule is CC(CCCC(C)(C)C(C)(C)C)OC(=O)C1CCCN1C(=O)C(CC#N)NC(=O)C(O)Cc1ccc(O)c(O)c1. The average molecular weight is 560 g/mol. The maximum atomic E-state index is 13.3. The molecule has 2 amide bonds. The number of nitrogens with zero attached hydrogens (tertiary/aromatic N) is 2. The smallest absolute Gasteiger partial charge is 0.329 e. The Bertz CT molecular complexity index is 1090. The summed E-state index contributed by atoms with van der Waals surface area (Å²) in [5.74, 6) is -2.67. The van der Waals surface area contributed by atoms with Crippen molar-refractivity contribution in [3.8, 4) is 17.6 Å². The summed E-state index contributed by atoms with van der Waals surface area (Å²) in [5, 5.41) is 41.1. The van der Waals surface area contributed by atoms with Crippen molar-refractivity contribution in [2.45, 2.75) is 111 Å². The van der Waals surface area contributed by atoms with Gasteiger partial charge in [0.25, 0.3) is 0 Å². The van der Waals surface area contributed by atoms with E-state index in [4.69, 9.17) is 4.74 Å². The predicted octanol–water partition coefficient (Wildman–Crippen LogP) is 3.56. The second kappa shape index (κ2) is 13.8. The first-order valence-corrected chi connectivity index (χ1v) is 13.9. The molecule has 1 fully saturated rings. The summed E-state index contributed by atoms with van der Waals surface area (Å²) in [7, 11) is 0. The van der Waals surface area contributed by atoms with Gasteiger partial charge in [0.2, 0.25) is 11.8 Å². The lowest BCUT2D eigenvalue weighted by Gasteiger charge is -2.39. The number of carbonyl (C=O) groups excluding carboxylic acids is 3. The first kappa shape index (κ1) is 32.9. The number of phenolic OH excluding ortho intramolecular Hbond substituents is 2. The molecule has 0 aliphatic carbocycles. The van der Waals surface area contributed by atoms with Crippen molar-refractivity contribution in [2.24, 2.45) is 10.8 Å². The van der Waals surface area contributed by atoms with Gasteiger partial charge in [-0.3, -0.25) is 9.59 Å². The first-order chi connectivity index (χ1) is 18.6. The fourth-order valence-electron chi connectivity index (χ4n) is 4.59. The van der Waals surface area contributed by atoms with Crippen LogP contribution in [-0.2, 0) is 25.5 Å². The van der Waals surface area contributed by atoms with Crippen LogP contribution in [0.3, 0.4) is 0 Å². The number of hydrogen-bond donors (Lipinski definition) is 4. The largest absolute Gasteiger partial charge is 0.504 e. The van der Waals surface area contributed by atoms with Gasteiger partial charge >= 0.3 is 5.97 Å². The van der Waals surface area contributed by atoms with Crippen molar-refractivity contribution in [3.63, 3.8) is 0 Å². The molecule has 10 nitrogen and oxygen atoms in total. The summed E-state index contributed by atoms with van der Waals surface area (Å²) in [6.45, 7) is 13.3. The molecule has 0 bridgehead atoms. The molecule has 0 spiro atoms. The highest BCUT2D eigenvalue weighted by molar-refractivity contribution is 5.92. The first-order valence-electron chi connectivity index (χ1n) is 13.9. The normalized spacial score (nSPS) is 17.9. The van der Waals surface area contributed by atoms with Crippen LogP contribution in [0.2, 0.25) is 0 Å². The molecular formula is C30H45N3O7. The van der Waals surface area contributed by atoms with Gasteiger partial charge in [-0.05, 0) is 67.6 Å². The minimum Gasteiger partial charge on any atom is -0.504 e. The third kappa shape index (κ3) is 8.85. The zero-order chi connectivity index (χ0) is 30.3. The number of phenols is 2. The molecule has 222 valence electrons. The van der Waals surface area contributed by atoms with Crippen molar-refractivity contribution >= 4 is 17.8 Å². The molecule has 1 aliphatic heterocycles. The van der Waals surface area contributed by atoms with Gasteiger partial charge in [-0.25, -0.2) is 4.79 Å². The quantitative estimate of drug-likeness (QED) is 0.223. The summed E-state index contributed by atoms with van der Waals surface area (Å²) in [4.78, 5) is 40.3. The summed E-state index contributed by atoms with van der Waals surface area (Å²) >= 11 is 0. The van der Waals surface area contributed by atoms with Crippen LogP contribution >= 0.6 is 0 Å². The van der Waals surface area contributed by atoms with Crippen LogP contribution in [-0.4, -0.2) is 68.8 Å². The van der Waals surface area contributed by atoms with E-state index in [2.05, 4.69) is 39.9 Å². The second-order valence-electron chi connectivity index (χ2n) is 12.4. The van der Waals surface area contributed by atoms with Crippen LogP contribution in [0, 0.1) is 22.2 Å². The Labute approximate surface area is 237 Å². The van der Waals surface area contributed by atoms with Gasteiger partial charge in [0, 0.05) is 13.0 Å². The number of rotatable bonds is 12. The van der Waals surface area contributed by atoms with Gasteiger partial charge in [-0.1, -0.05) is 40.7 Å². The Morgan fingerprint density at radius 3 is 2.45 bits per heavy atom. The molecule has 0 radical (unpaired) electrons. The van der Waals surface area contributed by atoms with Crippen molar-refractivity contribution in [2.75, 3.05) is 6.54 Å². The van der Waals surface area contributed by atoms with E-state index in [0.29, 0.717) is 31.4 Å². The van der Waals surface area contributed by atoms with Crippen molar-refractivity contribution in [1.29, 1.82) is 5.26 Å². The van der Waals surface area contributed by atoms with E-state index in [1.165, 1.54) is 23.1 Å². The molecule has 1 aliphatic rings. The lowest BCUT2D eigenvalue weighted by Crippen LogP contribution is -2.53. The number of nitrogens with one attached hydrogen (secondary N) is 1. The maximum Gasteiger partial charge on any atom is 0.329 e. The van der Waals surface area contributed by atoms with Crippen molar-refractivity contribution < 1.29 is 34.4 Å². The molecule has 0 aromatic heterocycles. The van der Waals surface area contributed by atoms with Crippen LogP contribution < -0.4 is 5.32 Å². The van der Waals surface area contributed by atoms with Crippen LogP contribution in [0.25, 0.3) is 0 Å². The predicted molar refractivity (Wildman–Crippen MR) is 149 cm³/mol. The monoisotopic (exact) mass is 559 g/mol. The van der Waals surface area contributed by atoms with Crippen LogP contribution in [0.4, 0.5) is 0 Å². The number of benzene rings is 1. The lowest BCUT2D eigenvalue weighted by molar-refractivity contribution is -0.158. The zero-order valence-corrected chi connectivity index (χ0v) is 24.6. The molecule has 4 unspecified atom stereocenters. The number of amides is 2. The minimum absolute atomic E-state index is 0.130. The minimum atomic E-state index is -1.57. The van der Waals surface area contributed by atoms with Gasteiger partial charge < -0.3 is 30.3 Å². The van der Waals surface area contributed by atoms with E-state index < -0.39 is 41.7 Å². The molecule has 0 saturated carbocycles. The van der Waals surface area contributed by atoms with Gasteiger partial charge in [0.05, 0.1) is 18.6 Å². The molecule has 10 heteroatoms. The number of ether oxygens (including phenoxy) is 1. The third-order valence-corrected chi connectivity index (χ3v) is 8.25. The highest BCUT2D eigenvalue weighted by Gasteiger charge is 2.39. The molecule has 1 heterocycles. The molecular weight excluding hydrogens is 514 g/mol. The zero-order valence-electron chi connectivity index (χ0n) is 24.6. The van der Waals surface area contributed by atoms with Gasteiger partial charge in [0.1, 0.15) is 18.2 Å². The fraction of sp³-hybridized carbons (Fsp3) is 0.667. The Kier molecular flexibility index (Phi) is 11.4. The standard InChI is InChI=1S/C30H45N3O7/c1-19(9-7-14-30(5,6)29(2,3)4)40-28(39)22-10-8-16-33(22)27(38)21(13-15-31)32-26(37)25(36)18-20-11-12-23(34)24(35)17-20/h11-12,17,19,21-22,25,34-36H,7-10,13-14,16,18H2,1-6H3,(H,32,37). The Morgan fingerprint density at radius 2 is 1.85 bits per heavy atom. The molecule has 1 saturated heterocycles. The molecule has 2 rings (SSSR count). The summed E-state index contributed by atoms with van der Waals surface area (Å²) in [6.07, 6.45) is 1.19. The molecule has 4 N–H and O–H groups in total. The van der Waals surface area contributed by atoms with E-state index in [1.807, 2.05) is 13.0 Å². The lowest BCUT2D eigenvalue weighted by atomic mass is 9.67. The number of hydrogen-bond acceptors (Lipinski definition) is 8. The van der Waals surface area contributed by atoms with Crippen LogP contribution in [0.15, 0.2) is 18.2 Å². The number of aliphatic hydroxyl groups excluding tert-OH is 1. The molecule has 1 aromatic carbocycles. The highest BCUT2D eigenvalue weighted by Crippen LogP contribution is 2.42. The van der Waals surface area contributed by atoms with Gasteiger partial charge in [0.15, 0.2) is 11.5 Å². The molecule has 1 aromatic rings. The Balaban J connectivity index is 1.97. The summed E-state index contributed by atoms with van der Waals surface area (Å²) < 4.78 is 5.70. The number of esters is 1. The van der Waals surface area contributed by atoms with Gasteiger partial charge in [-0.15, -0.1) is 0 Å². The number of likely N-dealkylation sites (tertiary alicyclic amines) is 1. The van der Waals surface area contributed by atoms with Crippen LogP contribution in [0.5, 0.6) is 11.5 Å². The number of aromatic hydroxyl groups is 2. The average Bonchev–Trinajstić information content (AvgIpc) is 3.35. The number of carbonyl (C=O) groups is 3. The molecule has 40 heavy (non-hydrogen) atoms. The fourth-order valence-corrected chi connectivity index (χ4v) is 4.59. The third-order valence-electron chi connectivity index (χ3n) is 8.25. The van der Waals surface area contributed by atoms with Crippen molar-refractivity contribution in [3.05, 3.63) is 23.8 Å². The van der Waals surface area contributed by atoms with E-state index in [-0.39, 0.29) is 35.5 Å². The van der Waals surface area contributed by atoms with Crippen LogP contribution in [0.1, 0.15) is 85.6 Å². The van der Waals surface area contributed by atoms with E-state index in [0.717, 1.165) is 12.8 Å². The summed E-state index contributed by atoms with van der Waals surface area (Å²) in [5.41, 5.74) is 0.669. The molecule has 4 atom stereocenters.